The number of hydrogen-bond acceptors (Lipinski definition) is 4. The number of ether oxygens (including phenoxy) is 1. The van der Waals surface area contributed by atoms with Crippen molar-refractivity contribution in [2.24, 2.45) is 0 Å². The molecule has 0 bridgehead atoms. The fourth-order valence-electron chi connectivity index (χ4n) is 6.12. The van der Waals surface area contributed by atoms with Gasteiger partial charge in [0.05, 0.1) is 17.4 Å². The second kappa shape index (κ2) is 8.42. The minimum Gasteiger partial charge on any atom is -0.439 e. The van der Waals surface area contributed by atoms with Crippen molar-refractivity contribution in [2.45, 2.75) is 19.3 Å². The van der Waals surface area contributed by atoms with Gasteiger partial charge < -0.3 is 4.74 Å². The highest BCUT2D eigenvalue weighted by molar-refractivity contribution is 6.12. The molecule has 0 saturated carbocycles. The van der Waals surface area contributed by atoms with Crippen molar-refractivity contribution in [3.63, 3.8) is 0 Å². The fourth-order valence-corrected chi connectivity index (χ4v) is 6.12. The Labute approximate surface area is 231 Å². The summed E-state index contributed by atoms with van der Waals surface area (Å²) in [6, 6.07) is 39.5. The van der Waals surface area contributed by atoms with Crippen LogP contribution in [0.15, 0.2) is 121 Å². The van der Waals surface area contributed by atoms with Crippen molar-refractivity contribution in [3.8, 4) is 11.6 Å². The molecule has 0 saturated heterocycles. The lowest BCUT2D eigenvalue weighted by Gasteiger charge is -2.40. The molecule has 40 heavy (non-hydrogen) atoms. The van der Waals surface area contributed by atoms with Gasteiger partial charge in [0.15, 0.2) is 5.82 Å². The molecule has 4 heterocycles. The minimum atomic E-state index is -0.251. The SMILES string of the molecule is CC1(C)c2ccccc2N(c2cn3c4ccccc4c4ccccc4c3n2)c2nc(Oc3ccccc3)ccc21. The Morgan fingerprint density at radius 3 is 2.17 bits per heavy atom. The van der Waals surface area contributed by atoms with E-state index in [9.17, 15) is 0 Å². The molecule has 0 unspecified atom stereocenters. The van der Waals surface area contributed by atoms with E-state index in [1.165, 1.54) is 16.3 Å². The molecule has 0 atom stereocenters. The maximum atomic E-state index is 6.20. The second-order valence-electron chi connectivity index (χ2n) is 10.8. The number of rotatable bonds is 3. The Hall–Kier alpha value is -5.16. The quantitative estimate of drug-likeness (QED) is 0.219. The van der Waals surface area contributed by atoms with Crippen LogP contribution in [0.2, 0.25) is 0 Å². The summed E-state index contributed by atoms with van der Waals surface area (Å²) in [5.74, 6) is 2.94. The molecule has 8 rings (SSSR count). The number of nitrogens with zero attached hydrogens (tertiary/aromatic N) is 4. The molecule has 5 heteroatoms. The van der Waals surface area contributed by atoms with Gasteiger partial charge in [0.25, 0.3) is 0 Å². The van der Waals surface area contributed by atoms with E-state index in [0.717, 1.165) is 45.2 Å². The van der Waals surface area contributed by atoms with Gasteiger partial charge in [-0.1, -0.05) is 92.7 Å². The summed E-state index contributed by atoms with van der Waals surface area (Å²) in [5, 5.41) is 3.51. The zero-order valence-corrected chi connectivity index (χ0v) is 22.2. The first-order valence-electron chi connectivity index (χ1n) is 13.5. The van der Waals surface area contributed by atoms with E-state index in [4.69, 9.17) is 14.7 Å². The number of pyridine rings is 2. The summed E-state index contributed by atoms with van der Waals surface area (Å²) in [7, 11) is 0. The number of benzene rings is 4. The van der Waals surface area contributed by atoms with Crippen molar-refractivity contribution in [1.82, 2.24) is 14.4 Å². The predicted octanol–water partition coefficient (Wildman–Crippen LogP) is 8.94. The Balaban J connectivity index is 1.40. The summed E-state index contributed by atoms with van der Waals surface area (Å²) in [5.41, 5.74) is 5.21. The van der Waals surface area contributed by atoms with Crippen LogP contribution in [0, 0.1) is 0 Å². The molecule has 1 aliphatic heterocycles. The van der Waals surface area contributed by atoms with E-state index >= 15 is 0 Å². The van der Waals surface area contributed by atoms with Crippen molar-refractivity contribution in [3.05, 3.63) is 133 Å². The van der Waals surface area contributed by atoms with E-state index in [1.54, 1.807) is 0 Å². The first kappa shape index (κ1) is 22.8. The maximum Gasteiger partial charge on any atom is 0.221 e. The molecule has 7 aromatic rings. The van der Waals surface area contributed by atoms with Gasteiger partial charge in [-0.25, -0.2) is 4.98 Å². The summed E-state index contributed by atoms with van der Waals surface area (Å²) in [4.78, 5) is 12.6. The molecule has 0 radical (unpaired) electrons. The average Bonchev–Trinajstić information content (AvgIpc) is 3.43. The van der Waals surface area contributed by atoms with Crippen LogP contribution in [0.4, 0.5) is 17.3 Å². The molecule has 4 aromatic carbocycles. The highest BCUT2D eigenvalue weighted by Gasteiger charge is 2.39. The Morgan fingerprint density at radius 2 is 1.32 bits per heavy atom. The predicted molar refractivity (Wildman–Crippen MR) is 161 cm³/mol. The largest absolute Gasteiger partial charge is 0.439 e. The smallest absolute Gasteiger partial charge is 0.221 e. The molecule has 0 spiro atoms. The van der Waals surface area contributed by atoms with Crippen LogP contribution in [0.25, 0.3) is 27.3 Å². The molecule has 0 fully saturated rings. The topological polar surface area (TPSA) is 42.7 Å². The lowest BCUT2D eigenvalue weighted by atomic mass is 9.75. The zero-order chi connectivity index (χ0) is 26.8. The van der Waals surface area contributed by atoms with E-state index in [2.05, 4.69) is 108 Å². The molecule has 0 amide bonds. The van der Waals surface area contributed by atoms with Crippen LogP contribution in [-0.2, 0) is 5.41 Å². The van der Waals surface area contributed by atoms with Gasteiger partial charge in [-0.05, 0) is 41.3 Å². The Morgan fingerprint density at radius 1 is 0.625 bits per heavy atom. The van der Waals surface area contributed by atoms with Crippen molar-refractivity contribution in [2.75, 3.05) is 4.90 Å². The maximum absolute atomic E-state index is 6.20. The first-order valence-corrected chi connectivity index (χ1v) is 13.5. The number of hydrogen-bond donors (Lipinski definition) is 0. The highest BCUT2D eigenvalue weighted by atomic mass is 16.5. The summed E-state index contributed by atoms with van der Waals surface area (Å²) >= 11 is 0. The standard InChI is InChI=1S/C35H26N4O/c1-35(2)27-17-9-11-19-30(27)39(34-28(35)20-21-32(37-34)40-23-12-4-3-5-13-23)31-22-38-29-18-10-8-15-25(29)24-14-6-7-16-26(24)33(38)36-31/h3-22H,1-2H3. The van der Waals surface area contributed by atoms with Crippen LogP contribution in [0.1, 0.15) is 25.0 Å². The fraction of sp³-hybridized carbons (Fsp3) is 0.0857. The Bertz CT molecular complexity index is 2000. The van der Waals surface area contributed by atoms with Gasteiger partial charge in [-0.2, -0.15) is 4.98 Å². The van der Waals surface area contributed by atoms with E-state index < -0.39 is 0 Å². The van der Waals surface area contributed by atoms with E-state index in [0.29, 0.717) is 5.88 Å². The van der Waals surface area contributed by atoms with Gasteiger partial charge in [0.1, 0.15) is 17.2 Å². The normalized spacial score (nSPS) is 13.9. The number of aromatic nitrogens is 3. The van der Waals surface area contributed by atoms with Crippen LogP contribution in [0.3, 0.4) is 0 Å². The molecule has 0 aliphatic carbocycles. The van der Waals surface area contributed by atoms with Gasteiger partial charge in [0, 0.05) is 27.8 Å². The average molecular weight is 519 g/mol. The molecular formula is C35H26N4O. The zero-order valence-electron chi connectivity index (χ0n) is 22.2. The van der Waals surface area contributed by atoms with Crippen molar-refractivity contribution < 1.29 is 4.74 Å². The monoisotopic (exact) mass is 518 g/mol. The Kier molecular flexibility index (Phi) is 4.80. The van der Waals surface area contributed by atoms with Crippen molar-refractivity contribution >= 4 is 44.6 Å². The lowest BCUT2D eigenvalue weighted by molar-refractivity contribution is 0.461. The second-order valence-corrected chi connectivity index (χ2v) is 10.8. The van der Waals surface area contributed by atoms with Crippen LogP contribution >= 0.6 is 0 Å². The number of fused-ring (bicyclic) bond motifs is 8. The number of imidazole rings is 1. The summed E-state index contributed by atoms with van der Waals surface area (Å²) in [6.07, 6.45) is 2.13. The van der Waals surface area contributed by atoms with E-state index in [1.807, 2.05) is 36.4 Å². The lowest BCUT2D eigenvalue weighted by Crippen LogP contribution is -2.31. The number of para-hydroxylation sites is 3. The van der Waals surface area contributed by atoms with Gasteiger partial charge in [-0.3, -0.25) is 9.30 Å². The molecular weight excluding hydrogens is 492 g/mol. The molecule has 0 N–H and O–H groups in total. The third-order valence-electron chi connectivity index (χ3n) is 8.06. The van der Waals surface area contributed by atoms with Crippen LogP contribution in [0.5, 0.6) is 11.6 Å². The van der Waals surface area contributed by atoms with Crippen LogP contribution < -0.4 is 9.64 Å². The third kappa shape index (κ3) is 3.27. The highest BCUT2D eigenvalue weighted by Crippen LogP contribution is 2.51. The first-order chi connectivity index (χ1) is 19.6. The summed E-state index contributed by atoms with van der Waals surface area (Å²) in [6.45, 7) is 4.51. The molecule has 3 aromatic heterocycles. The van der Waals surface area contributed by atoms with Gasteiger partial charge in [0.2, 0.25) is 5.88 Å². The van der Waals surface area contributed by atoms with Crippen LogP contribution in [-0.4, -0.2) is 14.4 Å². The molecule has 5 nitrogen and oxygen atoms in total. The van der Waals surface area contributed by atoms with Crippen molar-refractivity contribution in [1.29, 1.82) is 0 Å². The minimum absolute atomic E-state index is 0.251. The third-order valence-corrected chi connectivity index (χ3v) is 8.06. The molecule has 1 aliphatic rings. The van der Waals surface area contributed by atoms with Gasteiger partial charge >= 0.3 is 0 Å². The van der Waals surface area contributed by atoms with E-state index in [-0.39, 0.29) is 5.41 Å². The number of anilines is 3. The van der Waals surface area contributed by atoms with Gasteiger partial charge in [-0.15, -0.1) is 0 Å². The summed E-state index contributed by atoms with van der Waals surface area (Å²) < 4.78 is 8.40. The molecule has 192 valence electrons.